The Labute approximate surface area is 119 Å². The van der Waals surface area contributed by atoms with Crippen LogP contribution in [-0.2, 0) is 9.59 Å². The molecule has 0 bridgehead atoms. The first-order valence-electron chi connectivity index (χ1n) is 7.18. The van der Waals surface area contributed by atoms with E-state index in [1.165, 1.54) is 0 Å². The highest BCUT2D eigenvalue weighted by atomic mass is 16.1. The maximum absolute atomic E-state index is 12.6. The number of carbonyl (C=O) groups excluding carboxylic acids is 2. The fraction of sp³-hybridized carbons (Fsp3) is 0.444. The summed E-state index contributed by atoms with van der Waals surface area (Å²) < 4.78 is 0. The Morgan fingerprint density at radius 1 is 1.00 bits per heavy atom. The molecule has 0 aromatic heterocycles. The van der Waals surface area contributed by atoms with E-state index in [0.29, 0.717) is 12.8 Å². The molecule has 0 unspecified atom stereocenters. The van der Waals surface area contributed by atoms with Crippen molar-refractivity contribution in [1.82, 2.24) is 0 Å². The van der Waals surface area contributed by atoms with E-state index in [4.69, 9.17) is 0 Å². The van der Waals surface area contributed by atoms with Crippen LogP contribution in [0.15, 0.2) is 42.0 Å². The number of benzene rings is 1. The lowest BCUT2D eigenvalue weighted by Gasteiger charge is -2.45. The molecule has 2 heteroatoms. The molecule has 0 spiro atoms. The Morgan fingerprint density at radius 3 is 2.30 bits per heavy atom. The summed E-state index contributed by atoms with van der Waals surface area (Å²) in [5, 5.41) is 0. The van der Waals surface area contributed by atoms with E-state index in [-0.39, 0.29) is 28.3 Å². The summed E-state index contributed by atoms with van der Waals surface area (Å²) >= 11 is 0. The molecule has 104 valence electrons. The fourth-order valence-electron chi connectivity index (χ4n) is 4.26. The lowest BCUT2D eigenvalue weighted by molar-refractivity contribution is -0.125. The molecule has 1 aromatic rings. The lowest BCUT2D eigenvalue weighted by Crippen LogP contribution is -2.40. The number of rotatable bonds is 1. The highest BCUT2D eigenvalue weighted by molar-refractivity contribution is 6.02. The second-order valence-corrected chi connectivity index (χ2v) is 7.00. The zero-order valence-corrected chi connectivity index (χ0v) is 12.3. The Hall–Kier alpha value is -1.70. The number of hydrogen-bond donors (Lipinski definition) is 0. The van der Waals surface area contributed by atoms with E-state index in [1.54, 1.807) is 0 Å². The van der Waals surface area contributed by atoms with Gasteiger partial charge in [0.15, 0.2) is 5.78 Å². The molecule has 0 heterocycles. The number of fused-ring (bicyclic) bond motifs is 1. The van der Waals surface area contributed by atoms with Crippen molar-refractivity contribution in [3.05, 3.63) is 47.5 Å². The maximum atomic E-state index is 12.6. The van der Waals surface area contributed by atoms with Gasteiger partial charge < -0.3 is 0 Å². The molecule has 0 N–H and O–H groups in total. The zero-order valence-electron chi connectivity index (χ0n) is 12.3. The van der Waals surface area contributed by atoms with Crippen molar-refractivity contribution < 1.29 is 9.59 Å². The van der Waals surface area contributed by atoms with Gasteiger partial charge in [-0.05, 0) is 17.1 Å². The monoisotopic (exact) mass is 268 g/mol. The number of ketones is 2. The van der Waals surface area contributed by atoms with E-state index in [1.807, 2.05) is 36.4 Å². The van der Waals surface area contributed by atoms with Gasteiger partial charge >= 0.3 is 0 Å². The molecule has 1 aromatic carbocycles. The second-order valence-electron chi connectivity index (χ2n) is 7.00. The van der Waals surface area contributed by atoms with Gasteiger partial charge in [0.1, 0.15) is 5.78 Å². The van der Waals surface area contributed by atoms with Crippen LogP contribution in [0, 0.1) is 10.8 Å². The third kappa shape index (κ3) is 1.78. The fourth-order valence-corrected chi connectivity index (χ4v) is 4.26. The highest BCUT2D eigenvalue weighted by Gasteiger charge is 2.55. The first kappa shape index (κ1) is 13.3. The molecule has 1 saturated carbocycles. The number of carbonyl (C=O) groups is 2. The predicted molar refractivity (Wildman–Crippen MR) is 78.4 cm³/mol. The van der Waals surface area contributed by atoms with Crippen LogP contribution in [0.4, 0.5) is 0 Å². The topological polar surface area (TPSA) is 34.1 Å². The van der Waals surface area contributed by atoms with Gasteiger partial charge in [0.05, 0.1) is 5.92 Å². The Morgan fingerprint density at radius 2 is 1.65 bits per heavy atom. The summed E-state index contributed by atoms with van der Waals surface area (Å²) in [6.07, 6.45) is 2.83. The molecule has 3 rings (SSSR count). The number of Topliss-reactive ketones (excluding diaryl/α,β-unsaturated/α-hetero) is 1. The van der Waals surface area contributed by atoms with Gasteiger partial charge in [-0.3, -0.25) is 9.59 Å². The first-order chi connectivity index (χ1) is 9.34. The Bertz CT molecular complexity index is 610. The number of allylic oxidation sites excluding steroid dienone is 2. The van der Waals surface area contributed by atoms with Crippen LogP contribution in [0.3, 0.4) is 0 Å². The first-order valence-corrected chi connectivity index (χ1v) is 7.18. The van der Waals surface area contributed by atoms with E-state index in [0.717, 1.165) is 11.1 Å². The minimum Gasteiger partial charge on any atom is -0.300 e. The third-order valence-electron chi connectivity index (χ3n) is 4.89. The van der Waals surface area contributed by atoms with Gasteiger partial charge in [0.25, 0.3) is 0 Å². The zero-order chi connectivity index (χ0) is 14.5. The lowest BCUT2D eigenvalue weighted by atomic mass is 9.57. The van der Waals surface area contributed by atoms with Gasteiger partial charge in [-0.25, -0.2) is 0 Å². The van der Waals surface area contributed by atoms with Crippen LogP contribution < -0.4 is 0 Å². The quantitative estimate of drug-likeness (QED) is 0.778. The molecule has 2 aliphatic carbocycles. The summed E-state index contributed by atoms with van der Waals surface area (Å²) in [4.78, 5) is 24.7. The minimum absolute atomic E-state index is 0.150. The molecule has 0 radical (unpaired) electrons. The average Bonchev–Trinajstić information content (AvgIpc) is 2.61. The van der Waals surface area contributed by atoms with Crippen LogP contribution in [0.2, 0.25) is 0 Å². The van der Waals surface area contributed by atoms with E-state index in [2.05, 4.69) is 20.8 Å². The normalized spacial score (nSPS) is 31.9. The molecule has 2 nitrogen and oxygen atoms in total. The molecule has 1 fully saturated rings. The number of hydrogen-bond acceptors (Lipinski definition) is 2. The summed E-state index contributed by atoms with van der Waals surface area (Å²) in [7, 11) is 0. The highest BCUT2D eigenvalue weighted by Crippen LogP contribution is 2.59. The van der Waals surface area contributed by atoms with Crippen molar-refractivity contribution in [2.75, 3.05) is 0 Å². The second kappa shape index (κ2) is 4.15. The summed E-state index contributed by atoms with van der Waals surface area (Å²) in [5.41, 5.74) is 1.63. The van der Waals surface area contributed by atoms with Gasteiger partial charge in [-0.2, -0.15) is 0 Å². The summed E-state index contributed by atoms with van der Waals surface area (Å²) in [5.74, 6) is 0.212. The van der Waals surface area contributed by atoms with Crippen LogP contribution in [0.5, 0.6) is 0 Å². The Balaban J connectivity index is 2.12. The van der Waals surface area contributed by atoms with Crippen molar-refractivity contribution in [3.8, 4) is 0 Å². The average molecular weight is 268 g/mol. The van der Waals surface area contributed by atoms with Crippen molar-refractivity contribution in [1.29, 1.82) is 0 Å². The Kier molecular flexibility index (Phi) is 2.75. The third-order valence-corrected chi connectivity index (χ3v) is 4.89. The van der Waals surface area contributed by atoms with Gasteiger partial charge in [-0.15, -0.1) is 0 Å². The van der Waals surface area contributed by atoms with Gasteiger partial charge in [0.2, 0.25) is 0 Å². The van der Waals surface area contributed by atoms with E-state index in [9.17, 15) is 9.59 Å². The smallest absolute Gasteiger partial charge is 0.164 e. The van der Waals surface area contributed by atoms with Crippen molar-refractivity contribution in [2.45, 2.75) is 39.5 Å². The predicted octanol–water partition coefficient (Wildman–Crippen LogP) is 3.67. The summed E-state index contributed by atoms with van der Waals surface area (Å²) in [6.45, 7) is 6.24. The van der Waals surface area contributed by atoms with E-state index >= 15 is 0 Å². The van der Waals surface area contributed by atoms with Crippen molar-refractivity contribution in [3.63, 3.8) is 0 Å². The van der Waals surface area contributed by atoms with Crippen LogP contribution in [-0.4, -0.2) is 11.6 Å². The molecule has 2 aliphatic rings. The van der Waals surface area contributed by atoms with Crippen LogP contribution in [0.1, 0.15) is 45.1 Å². The minimum atomic E-state index is -0.350. The van der Waals surface area contributed by atoms with Crippen LogP contribution >= 0.6 is 0 Å². The van der Waals surface area contributed by atoms with Gasteiger partial charge in [-0.1, -0.05) is 56.7 Å². The summed E-state index contributed by atoms with van der Waals surface area (Å²) in [6, 6.07) is 9.86. The van der Waals surface area contributed by atoms with Crippen molar-refractivity contribution in [2.24, 2.45) is 10.8 Å². The maximum Gasteiger partial charge on any atom is 0.164 e. The molecule has 20 heavy (non-hydrogen) atoms. The SMILES string of the molecule is CC1(C)CC(=O)C[C@]2(C)C1=CC(=O)[C@@H]2c1ccccc1. The molecular formula is C18H20O2. The van der Waals surface area contributed by atoms with Gasteiger partial charge in [0, 0.05) is 18.3 Å². The van der Waals surface area contributed by atoms with Crippen LogP contribution in [0.25, 0.3) is 0 Å². The standard InChI is InChI=1S/C18H20O2/c1-17(2)10-13(19)11-18(3)15(17)9-14(20)16(18)12-7-5-4-6-8-12/h4-9,16H,10-11H2,1-3H3/t16-,18+/m0/s1. The van der Waals surface area contributed by atoms with E-state index < -0.39 is 0 Å². The molecular weight excluding hydrogens is 248 g/mol. The largest absolute Gasteiger partial charge is 0.300 e. The molecule has 2 atom stereocenters. The molecule has 0 amide bonds. The molecule has 0 aliphatic heterocycles. The molecule has 0 saturated heterocycles. The van der Waals surface area contributed by atoms with Crippen molar-refractivity contribution >= 4 is 11.6 Å².